The van der Waals surface area contributed by atoms with Crippen LogP contribution in [-0.4, -0.2) is 16.0 Å². The van der Waals surface area contributed by atoms with Crippen LogP contribution in [0.3, 0.4) is 0 Å². The highest BCUT2D eigenvalue weighted by Crippen LogP contribution is 2.27. The van der Waals surface area contributed by atoms with Crippen molar-refractivity contribution in [3.8, 4) is 22.8 Å². The Labute approximate surface area is 227 Å². The summed E-state index contributed by atoms with van der Waals surface area (Å²) in [5.41, 5.74) is 8.05. The summed E-state index contributed by atoms with van der Waals surface area (Å²) >= 11 is 5.32. The van der Waals surface area contributed by atoms with Gasteiger partial charge in [0, 0.05) is 17.7 Å². The van der Waals surface area contributed by atoms with Crippen molar-refractivity contribution in [1.82, 2.24) is 15.6 Å². The molecule has 38 heavy (non-hydrogen) atoms. The smallest absolute Gasteiger partial charge is 0.293 e. The summed E-state index contributed by atoms with van der Waals surface area (Å²) in [6.07, 6.45) is 0. The molecule has 2 aromatic heterocycles. The third-order valence-electron chi connectivity index (χ3n) is 6.58. The van der Waals surface area contributed by atoms with Crippen LogP contribution in [0.4, 0.5) is 0 Å². The number of nitrogens with one attached hydrogen (secondary N) is 2. The summed E-state index contributed by atoms with van der Waals surface area (Å²) in [6, 6.07) is 23.5. The standard InChI is InChI=1S/C31H29N3O3S/c1-18(2)23-11-12-27-25(16-23)33-30(37-27)22-9-6-21(7-10-22)17-32-31(38)34-29(35)28-14-13-26(36-28)24-8-5-19(3)20(4)15-24/h5-16,18H,17H2,1-4H3,(H2,32,34,35,38). The molecule has 0 bridgehead atoms. The first-order valence-corrected chi connectivity index (χ1v) is 12.9. The van der Waals surface area contributed by atoms with E-state index in [9.17, 15) is 4.79 Å². The first kappa shape index (κ1) is 25.4. The van der Waals surface area contributed by atoms with Crippen molar-refractivity contribution in [2.45, 2.75) is 40.2 Å². The topological polar surface area (TPSA) is 80.3 Å². The van der Waals surface area contributed by atoms with E-state index in [0.29, 0.717) is 24.1 Å². The Hall–Kier alpha value is -4.23. The first-order chi connectivity index (χ1) is 18.3. The lowest BCUT2D eigenvalue weighted by molar-refractivity contribution is 0.0950. The molecule has 0 aliphatic carbocycles. The van der Waals surface area contributed by atoms with Gasteiger partial charge >= 0.3 is 0 Å². The molecular weight excluding hydrogens is 494 g/mol. The monoisotopic (exact) mass is 523 g/mol. The van der Waals surface area contributed by atoms with E-state index in [1.54, 1.807) is 12.1 Å². The van der Waals surface area contributed by atoms with Crippen LogP contribution in [0.5, 0.6) is 0 Å². The Morgan fingerprint density at radius 2 is 1.66 bits per heavy atom. The van der Waals surface area contributed by atoms with Crippen LogP contribution in [0.2, 0.25) is 0 Å². The first-order valence-electron chi connectivity index (χ1n) is 12.5. The molecule has 2 heterocycles. The molecule has 0 fully saturated rings. The van der Waals surface area contributed by atoms with Gasteiger partial charge in [-0.1, -0.05) is 44.2 Å². The number of amides is 1. The van der Waals surface area contributed by atoms with Gasteiger partial charge in [0.15, 0.2) is 16.5 Å². The van der Waals surface area contributed by atoms with Gasteiger partial charge in [-0.05, 0) is 96.7 Å². The van der Waals surface area contributed by atoms with Gasteiger partial charge in [-0.15, -0.1) is 0 Å². The molecule has 6 nitrogen and oxygen atoms in total. The van der Waals surface area contributed by atoms with Crippen LogP contribution < -0.4 is 10.6 Å². The highest BCUT2D eigenvalue weighted by molar-refractivity contribution is 7.80. The number of hydrogen-bond acceptors (Lipinski definition) is 5. The second kappa shape index (κ2) is 10.6. The lowest BCUT2D eigenvalue weighted by Gasteiger charge is -2.09. The van der Waals surface area contributed by atoms with Crippen molar-refractivity contribution in [1.29, 1.82) is 0 Å². The molecule has 3 aromatic carbocycles. The molecule has 5 aromatic rings. The summed E-state index contributed by atoms with van der Waals surface area (Å²) in [7, 11) is 0. The van der Waals surface area contributed by atoms with Gasteiger partial charge in [0.05, 0.1) is 0 Å². The highest BCUT2D eigenvalue weighted by Gasteiger charge is 2.14. The molecule has 0 unspecified atom stereocenters. The quantitative estimate of drug-likeness (QED) is 0.227. The highest BCUT2D eigenvalue weighted by atomic mass is 32.1. The number of rotatable bonds is 6. The summed E-state index contributed by atoms with van der Waals surface area (Å²) in [5.74, 6) is 1.45. The van der Waals surface area contributed by atoms with E-state index < -0.39 is 5.91 Å². The second-order valence-electron chi connectivity index (χ2n) is 9.70. The molecule has 5 rings (SSSR count). The summed E-state index contributed by atoms with van der Waals surface area (Å²) in [5, 5.41) is 5.97. The van der Waals surface area contributed by atoms with E-state index in [1.165, 1.54) is 11.1 Å². The number of furan rings is 1. The normalized spacial score (nSPS) is 11.2. The third-order valence-corrected chi connectivity index (χ3v) is 6.83. The minimum absolute atomic E-state index is 0.200. The molecular formula is C31H29N3O3S. The predicted molar refractivity (Wildman–Crippen MR) is 154 cm³/mol. The number of carbonyl (C=O) groups excluding carboxylic acids is 1. The lowest BCUT2D eigenvalue weighted by atomic mass is 10.0. The van der Waals surface area contributed by atoms with E-state index in [-0.39, 0.29) is 10.9 Å². The number of fused-ring (bicyclic) bond motifs is 1. The van der Waals surface area contributed by atoms with E-state index in [2.05, 4.69) is 48.5 Å². The van der Waals surface area contributed by atoms with Gasteiger partial charge in [-0.3, -0.25) is 10.1 Å². The zero-order valence-electron chi connectivity index (χ0n) is 21.8. The Morgan fingerprint density at radius 1 is 0.895 bits per heavy atom. The molecule has 192 valence electrons. The largest absolute Gasteiger partial charge is 0.451 e. The molecule has 7 heteroatoms. The molecule has 0 saturated heterocycles. The van der Waals surface area contributed by atoms with Gasteiger partial charge in [0.1, 0.15) is 11.3 Å². The minimum Gasteiger partial charge on any atom is -0.451 e. The maximum Gasteiger partial charge on any atom is 0.293 e. The molecule has 2 N–H and O–H groups in total. The van der Waals surface area contributed by atoms with Crippen LogP contribution in [0.1, 0.15) is 52.6 Å². The van der Waals surface area contributed by atoms with Gasteiger partial charge in [-0.25, -0.2) is 4.98 Å². The maximum atomic E-state index is 12.6. The fourth-order valence-electron chi connectivity index (χ4n) is 4.09. The fourth-order valence-corrected chi connectivity index (χ4v) is 4.26. The van der Waals surface area contributed by atoms with Gasteiger partial charge in [0.2, 0.25) is 5.89 Å². The van der Waals surface area contributed by atoms with Crippen molar-refractivity contribution >= 4 is 34.3 Å². The van der Waals surface area contributed by atoms with Crippen molar-refractivity contribution in [2.24, 2.45) is 0 Å². The molecule has 0 radical (unpaired) electrons. The number of oxazole rings is 1. The van der Waals surface area contributed by atoms with Crippen LogP contribution in [0, 0.1) is 13.8 Å². The average Bonchev–Trinajstić information content (AvgIpc) is 3.57. The Balaban J connectivity index is 1.17. The van der Waals surface area contributed by atoms with Crippen molar-refractivity contribution < 1.29 is 13.6 Å². The van der Waals surface area contributed by atoms with E-state index in [4.69, 9.17) is 21.1 Å². The van der Waals surface area contributed by atoms with E-state index >= 15 is 0 Å². The van der Waals surface area contributed by atoms with Crippen LogP contribution in [0.25, 0.3) is 33.9 Å². The number of nitrogens with zero attached hydrogens (tertiary/aromatic N) is 1. The van der Waals surface area contributed by atoms with Crippen molar-refractivity contribution in [3.63, 3.8) is 0 Å². The zero-order valence-corrected chi connectivity index (χ0v) is 22.6. The predicted octanol–water partition coefficient (Wildman–Crippen LogP) is 7.30. The van der Waals surface area contributed by atoms with Gasteiger partial charge < -0.3 is 14.2 Å². The van der Waals surface area contributed by atoms with Gasteiger partial charge in [0.25, 0.3) is 5.91 Å². The summed E-state index contributed by atoms with van der Waals surface area (Å²) < 4.78 is 11.7. The molecule has 0 aliphatic heterocycles. The second-order valence-corrected chi connectivity index (χ2v) is 10.1. The molecule has 0 aliphatic rings. The molecule has 0 atom stereocenters. The van der Waals surface area contributed by atoms with E-state index in [0.717, 1.165) is 33.4 Å². The Kier molecular flexibility index (Phi) is 7.11. The summed E-state index contributed by atoms with van der Waals surface area (Å²) in [6.45, 7) is 8.88. The molecule has 1 amide bonds. The van der Waals surface area contributed by atoms with E-state index in [1.807, 2.05) is 55.5 Å². The molecule has 0 saturated carbocycles. The van der Waals surface area contributed by atoms with Gasteiger partial charge in [-0.2, -0.15) is 0 Å². The van der Waals surface area contributed by atoms with Crippen molar-refractivity contribution in [2.75, 3.05) is 0 Å². The number of aryl methyl sites for hydroxylation is 2. The number of hydrogen-bond donors (Lipinski definition) is 2. The summed E-state index contributed by atoms with van der Waals surface area (Å²) in [4.78, 5) is 17.3. The minimum atomic E-state index is -0.399. The number of benzene rings is 3. The third kappa shape index (κ3) is 5.53. The van der Waals surface area contributed by atoms with Crippen molar-refractivity contribution in [3.05, 3.63) is 101 Å². The maximum absolute atomic E-state index is 12.6. The number of carbonyl (C=O) groups is 1. The fraction of sp³-hybridized carbons (Fsp3) is 0.194. The van der Waals surface area contributed by atoms with Crippen LogP contribution in [0.15, 0.2) is 81.6 Å². The number of aromatic nitrogens is 1. The van der Waals surface area contributed by atoms with Crippen LogP contribution >= 0.6 is 12.2 Å². The van der Waals surface area contributed by atoms with Crippen LogP contribution in [-0.2, 0) is 6.54 Å². The SMILES string of the molecule is Cc1ccc(-c2ccc(C(=O)NC(=S)NCc3ccc(-c4nc5cc(C(C)C)ccc5o4)cc3)o2)cc1C. The lowest BCUT2D eigenvalue weighted by Crippen LogP contribution is -2.38. The number of thiocarbonyl (C=S) groups is 1. The average molecular weight is 524 g/mol. The Bertz CT molecular complexity index is 1630. The Morgan fingerprint density at radius 3 is 2.39 bits per heavy atom. The molecule has 0 spiro atoms. The zero-order chi connectivity index (χ0) is 26.8.